The molecule has 176 valence electrons. The lowest BCUT2D eigenvalue weighted by Crippen LogP contribution is -2.60. The van der Waals surface area contributed by atoms with E-state index in [4.69, 9.17) is 5.73 Å². The average Bonchev–Trinajstić information content (AvgIpc) is 2.78. The van der Waals surface area contributed by atoms with Crippen LogP contribution in [0.5, 0.6) is 0 Å². The number of nitrogens with two attached hydrogens (primary N) is 1. The van der Waals surface area contributed by atoms with Crippen molar-refractivity contribution in [3.05, 3.63) is 58.6 Å². The van der Waals surface area contributed by atoms with Crippen LogP contribution in [0.25, 0.3) is 10.9 Å². The SMILES string of the molecule is CN1C[C@@](C)(c2cc(Nc3nccc4cc(Br)cnc34)ccc2F)NC(N)C(C)(C)S1(=O)=O. The minimum absolute atomic E-state index is 0.00887. The van der Waals surface area contributed by atoms with Gasteiger partial charge in [-0.3, -0.25) is 10.3 Å². The fraction of sp³-hybridized carbons (Fsp3) is 0.364. The molecule has 0 bridgehead atoms. The summed E-state index contributed by atoms with van der Waals surface area (Å²) < 4.78 is 41.9. The molecule has 0 aliphatic carbocycles. The summed E-state index contributed by atoms with van der Waals surface area (Å²) in [5, 5.41) is 7.28. The van der Waals surface area contributed by atoms with Crippen LogP contribution in [-0.2, 0) is 15.6 Å². The number of aromatic nitrogens is 2. The van der Waals surface area contributed by atoms with Crippen LogP contribution in [0, 0.1) is 5.82 Å². The van der Waals surface area contributed by atoms with E-state index >= 15 is 4.39 Å². The van der Waals surface area contributed by atoms with E-state index in [2.05, 4.69) is 36.5 Å². The topological polar surface area (TPSA) is 113 Å². The number of halogens is 2. The van der Waals surface area contributed by atoms with Crippen molar-refractivity contribution >= 4 is 48.4 Å². The van der Waals surface area contributed by atoms with Crippen molar-refractivity contribution < 1.29 is 12.8 Å². The van der Waals surface area contributed by atoms with Gasteiger partial charge in [0.05, 0.1) is 11.7 Å². The minimum atomic E-state index is -3.72. The van der Waals surface area contributed by atoms with Gasteiger partial charge in [0.25, 0.3) is 0 Å². The standard InChI is InChI=1S/C22H26BrFN6O2S/c1-21(2)20(25)29-22(3,12-30(4)33(21,31)32)16-10-15(5-6-17(16)24)28-19-18-13(7-8-26-19)9-14(23)11-27-18/h5-11,20,29H,12,25H2,1-4H3,(H,26,28)/t20?,22-/m0/s1. The van der Waals surface area contributed by atoms with Crippen molar-refractivity contribution in [2.75, 3.05) is 18.9 Å². The first-order valence-corrected chi connectivity index (χ1v) is 12.5. The van der Waals surface area contributed by atoms with Crippen molar-refractivity contribution in [1.29, 1.82) is 0 Å². The van der Waals surface area contributed by atoms with Crippen LogP contribution in [0.2, 0.25) is 0 Å². The predicted octanol–water partition coefficient (Wildman–Crippen LogP) is 3.42. The van der Waals surface area contributed by atoms with Crippen LogP contribution >= 0.6 is 15.9 Å². The Morgan fingerprint density at radius 2 is 1.97 bits per heavy atom. The summed E-state index contributed by atoms with van der Waals surface area (Å²) in [7, 11) is -2.23. The summed E-state index contributed by atoms with van der Waals surface area (Å²) in [6.45, 7) is 4.88. The number of sulfonamides is 1. The Bertz CT molecular complexity index is 1340. The van der Waals surface area contributed by atoms with Crippen LogP contribution < -0.4 is 16.4 Å². The van der Waals surface area contributed by atoms with Crippen molar-refractivity contribution in [1.82, 2.24) is 19.6 Å². The summed E-state index contributed by atoms with van der Waals surface area (Å²) in [6, 6.07) is 8.37. The smallest absolute Gasteiger partial charge is 0.221 e. The lowest BCUT2D eigenvalue weighted by molar-refractivity contribution is 0.265. The molecule has 0 amide bonds. The number of rotatable bonds is 3. The molecule has 33 heavy (non-hydrogen) atoms. The van der Waals surface area contributed by atoms with Gasteiger partial charge in [0.1, 0.15) is 16.1 Å². The highest BCUT2D eigenvalue weighted by atomic mass is 79.9. The number of likely N-dealkylation sites (N-methyl/N-ethyl adjacent to an activating group) is 1. The van der Waals surface area contributed by atoms with Gasteiger partial charge in [0.15, 0.2) is 5.82 Å². The number of nitrogens with zero attached hydrogens (tertiary/aromatic N) is 3. The highest BCUT2D eigenvalue weighted by Crippen LogP contribution is 2.35. The molecule has 0 spiro atoms. The Hall–Kier alpha value is -2.18. The van der Waals surface area contributed by atoms with Crippen molar-refractivity contribution in [2.45, 2.75) is 37.2 Å². The molecule has 2 atom stereocenters. The predicted molar refractivity (Wildman–Crippen MR) is 131 cm³/mol. The summed E-state index contributed by atoms with van der Waals surface area (Å²) in [5.41, 5.74) is 6.74. The molecule has 1 unspecified atom stereocenters. The molecule has 3 heterocycles. The van der Waals surface area contributed by atoms with Crippen molar-refractivity contribution in [3.8, 4) is 0 Å². The quantitative estimate of drug-likeness (QED) is 0.469. The van der Waals surface area contributed by atoms with E-state index < -0.39 is 32.3 Å². The van der Waals surface area contributed by atoms with E-state index in [-0.39, 0.29) is 6.54 Å². The maximum atomic E-state index is 15.1. The van der Waals surface area contributed by atoms with Crippen LogP contribution in [-0.4, -0.2) is 47.2 Å². The Kier molecular flexibility index (Phi) is 5.98. The molecule has 4 rings (SSSR count). The zero-order valence-corrected chi connectivity index (χ0v) is 21.1. The van der Waals surface area contributed by atoms with Gasteiger partial charge in [-0.25, -0.2) is 22.1 Å². The zero-order valence-electron chi connectivity index (χ0n) is 18.7. The third-order valence-corrected chi connectivity index (χ3v) is 9.19. The van der Waals surface area contributed by atoms with E-state index in [1.165, 1.54) is 17.4 Å². The Labute approximate surface area is 201 Å². The zero-order chi connectivity index (χ0) is 24.2. The molecule has 3 aromatic rings. The van der Waals surface area contributed by atoms with Crippen LogP contribution in [0.1, 0.15) is 26.3 Å². The van der Waals surface area contributed by atoms with Gasteiger partial charge >= 0.3 is 0 Å². The van der Waals surface area contributed by atoms with E-state index in [1.807, 2.05) is 12.1 Å². The van der Waals surface area contributed by atoms with Crippen molar-refractivity contribution in [3.63, 3.8) is 0 Å². The molecule has 0 radical (unpaired) electrons. The number of anilines is 2. The molecule has 8 nitrogen and oxygen atoms in total. The van der Waals surface area contributed by atoms with Gasteiger partial charge in [-0.05, 0) is 67.0 Å². The molecule has 2 aromatic heterocycles. The molecule has 1 fully saturated rings. The Balaban J connectivity index is 1.75. The molecule has 1 aromatic carbocycles. The van der Waals surface area contributed by atoms with Gasteiger partial charge in [0.2, 0.25) is 10.0 Å². The third kappa shape index (κ3) is 4.12. The van der Waals surface area contributed by atoms with Crippen LogP contribution in [0.4, 0.5) is 15.9 Å². The second-order valence-electron chi connectivity index (χ2n) is 9.02. The fourth-order valence-corrected chi connectivity index (χ4v) is 6.07. The molecular formula is C22H26BrFN6O2S. The van der Waals surface area contributed by atoms with Gasteiger partial charge in [-0.2, -0.15) is 0 Å². The fourth-order valence-electron chi connectivity index (χ4n) is 4.11. The van der Waals surface area contributed by atoms with Crippen molar-refractivity contribution in [2.24, 2.45) is 5.73 Å². The van der Waals surface area contributed by atoms with E-state index in [9.17, 15) is 8.42 Å². The third-order valence-electron chi connectivity index (χ3n) is 6.23. The highest BCUT2D eigenvalue weighted by Gasteiger charge is 2.50. The molecule has 1 aliphatic rings. The summed E-state index contributed by atoms with van der Waals surface area (Å²) in [4.78, 5) is 8.82. The number of hydrogen-bond donors (Lipinski definition) is 3. The molecule has 11 heteroatoms. The van der Waals surface area contributed by atoms with E-state index in [1.54, 1.807) is 45.3 Å². The number of nitrogens with one attached hydrogen (secondary N) is 2. The minimum Gasteiger partial charge on any atom is -0.338 e. The Morgan fingerprint density at radius 1 is 1.24 bits per heavy atom. The molecule has 0 saturated carbocycles. The number of benzene rings is 1. The lowest BCUT2D eigenvalue weighted by Gasteiger charge is -2.35. The van der Waals surface area contributed by atoms with Gasteiger partial charge in [-0.1, -0.05) is 0 Å². The normalized spacial score (nSPS) is 25.0. The molecular weight excluding hydrogens is 511 g/mol. The molecule has 4 N–H and O–H groups in total. The Morgan fingerprint density at radius 3 is 2.70 bits per heavy atom. The second kappa shape index (κ2) is 8.24. The van der Waals surface area contributed by atoms with Gasteiger partial charge in [-0.15, -0.1) is 0 Å². The molecule has 1 aliphatic heterocycles. The first-order valence-electron chi connectivity index (χ1n) is 10.3. The van der Waals surface area contributed by atoms with E-state index in [0.29, 0.717) is 22.6 Å². The number of hydrogen-bond acceptors (Lipinski definition) is 7. The monoisotopic (exact) mass is 536 g/mol. The molecule has 1 saturated heterocycles. The second-order valence-corrected chi connectivity index (χ2v) is 12.6. The number of fused-ring (bicyclic) bond motifs is 1. The lowest BCUT2D eigenvalue weighted by atomic mass is 9.89. The summed E-state index contributed by atoms with van der Waals surface area (Å²) >= 11 is 3.41. The first-order chi connectivity index (χ1) is 15.3. The summed E-state index contributed by atoms with van der Waals surface area (Å²) in [5.74, 6) is 0.0512. The maximum Gasteiger partial charge on any atom is 0.221 e. The maximum absolute atomic E-state index is 15.1. The van der Waals surface area contributed by atoms with Crippen LogP contribution in [0.15, 0.2) is 47.2 Å². The number of pyridine rings is 2. The summed E-state index contributed by atoms with van der Waals surface area (Å²) in [6.07, 6.45) is 2.43. The van der Waals surface area contributed by atoms with Crippen LogP contribution in [0.3, 0.4) is 0 Å². The first kappa shape index (κ1) is 24.0. The largest absolute Gasteiger partial charge is 0.338 e. The highest BCUT2D eigenvalue weighted by molar-refractivity contribution is 9.10. The van der Waals surface area contributed by atoms with E-state index in [0.717, 1.165) is 9.86 Å². The van der Waals surface area contributed by atoms with Gasteiger partial charge in [0, 0.05) is 47.1 Å². The van der Waals surface area contributed by atoms with Gasteiger partial charge < -0.3 is 11.1 Å². The average molecular weight is 537 g/mol.